The van der Waals surface area contributed by atoms with Crippen LogP contribution in [0.3, 0.4) is 0 Å². The SMILES string of the molecule is CCCN(CC(=O)OCC)Cc1noc(CC(C)C)n1. The fourth-order valence-corrected chi connectivity index (χ4v) is 1.91. The van der Waals surface area contributed by atoms with Gasteiger partial charge in [-0.25, -0.2) is 0 Å². The molecule has 0 aliphatic heterocycles. The zero-order chi connectivity index (χ0) is 15.0. The van der Waals surface area contributed by atoms with E-state index in [-0.39, 0.29) is 12.5 Å². The average molecular weight is 283 g/mol. The molecule has 0 aliphatic rings. The minimum atomic E-state index is -0.216. The van der Waals surface area contributed by atoms with E-state index in [1.165, 1.54) is 0 Å². The largest absolute Gasteiger partial charge is 0.465 e. The molecule has 0 fully saturated rings. The predicted molar refractivity (Wildman–Crippen MR) is 75.0 cm³/mol. The molecule has 6 nitrogen and oxygen atoms in total. The highest BCUT2D eigenvalue weighted by molar-refractivity contribution is 5.71. The summed E-state index contributed by atoms with van der Waals surface area (Å²) >= 11 is 0. The van der Waals surface area contributed by atoms with Gasteiger partial charge in [-0.3, -0.25) is 9.69 Å². The maximum atomic E-state index is 11.5. The van der Waals surface area contributed by atoms with E-state index in [4.69, 9.17) is 9.26 Å². The fourth-order valence-electron chi connectivity index (χ4n) is 1.91. The molecule has 6 heteroatoms. The number of nitrogens with zero attached hydrogens (tertiary/aromatic N) is 3. The number of aromatic nitrogens is 2. The molecular formula is C14H25N3O3. The molecule has 0 saturated heterocycles. The fraction of sp³-hybridized carbons (Fsp3) is 0.786. The molecule has 20 heavy (non-hydrogen) atoms. The standard InChI is InChI=1S/C14H25N3O3/c1-5-7-17(10-14(18)19-6-2)9-12-15-13(20-16-12)8-11(3)4/h11H,5-10H2,1-4H3. The number of carbonyl (C=O) groups is 1. The summed E-state index contributed by atoms with van der Waals surface area (Å²) in [6.45, 7) is 10.1. The van der Waals surface area contributed by atoms with Crippen molar-refractivity contribution in [2.45, 2.75) is 47.1 Å². The van der Waals surface area contributed by atoms with Crippen LogP contribution in [0.15, 0.2) is 4.52 Å². The first kappa shape index (κ1) is 16.6. The van der Waals surface area contributed by atoms with E-state index in [0.717, 1.165) is 19.4 Å². The quantitative estimate of drug-likeness (QED) is 0.646. The zero-order valence-electron chi connectivity index (χ0n) is 12.9. The lowest BCUT2D eigenvalue weighted by Gasteiger charge is -2.18. The van der Waals surface area contributed by atoms with Gasteiger partial charge in [0.25, 0.3) is 0 Å². The van der Waals surface area contributed by atoms with Gasteiger partial charge in [0.05, 0.1) is 19.7 Å². The first-order valence-electron chi connectivity index (χ1n) is 7.24. The van der Waals surface area contributed by atoms with Crippen molar-refractivity contribution in [2.75, 3.05) is 19.7 Å². The summed E-state index contributed by atoms with van der Waals surface area (Å²) in [7, 11) is 0. The lowest BCUT2D eigenvalue weighted by molar-refractivity contribution is -0.144. The maximum absolute atomic E-state index is 11.5. The highest BCUT2D eigenvalue weighted by Crippen LogP contribution is 2.07. The molecule has 0 spiro atoms. The van der Waals surface area contributed by atoms with E-state index in [1.54, 1.807) is 6.92 Å². The van der Waals surface area contributed by atoms with Gasteiger partial charge in [-0.15, -0.1) is 0 Å². The van der Waals surface area contributed by atoms with Crippen LogP contribution < -0.4 is 0 Å². The number of carbonyl (C=O) groups excluding carboxylic acids is 1. The number of hydrogen-bond donors (Lipinski definition) is 0. The minimum absolute atomic E-state index is 0.216. The van der Waals surface area contributed by atoms with Crippen molar-refractivity contribution in [3.8, 4) is 0 Å². The molecule has 0 saturated carbocycles. The second-order valence-electron chi connectivity index (χ2n) is 5.22. The van der Waals surface area contributed by atoms with Crippen LogP contribution in [0.2, 0.25) is 0 Å². The number of rotatable bonds is 9. The lowest BCUT2D eigenvalue weighted by atomic mass is 10.1. The highest BCUT2D eigenvalue weighted by atomic mass is 16.5. The Morgan fingerprint density at radius 1 is 1.40 bits per heavy atom. The van der Waals surface area contributed by atoms with Gasteiger partial charge < -0.3 is 9.26 Å². The number of ether oxygens (including phenoxy) is 1. The number of esters is 1. The van der Waals surface area contributed by atoms with E-state index < -0.39 is 0 Å². The molecular weight excluding hydrogens is 258 g/mol. The van der Waals surface area contributed by atoms with Crippen molar-refractivity contribution in [1.82, 2.24) is 15.0 Å². The molecule has 0 aromatic carbocycles. The Morgan fingerprint density at radius 2 is 2.15 bits per heavy atom. The molecule has 0 aliphatic carbocycles. The first-order chi connectivity index (χ1) is 9.55. The van der Waals surface area contributed by atoms with Gasteiger partial charge in [-0.1, -0.05) is 25.9 Å². The lowest BCUT2D eigenvalue weighted by Crippen LogP contribution is -2.31. The summed E-state index contributed by atoms with van der Waals surface area (Å²) in [5, 5.41) is 3.96. The summed E-state index contributed by atoms with van der Waals surface area (Å²) in [5.74, 6) is 1.54. The topological polar surface area (TPSA) is 68.5 Å². The van der Waals surface area contributed by atoms with E-state index in [9.17, 15) is 4.79 Å². The van der Waals surface area contributed by atoms with Crippen molar-refractivity contribution in [2.24, 2.45) is 5.92 Å². The Hall–Kier alpha value is -1.43. The van der Waals surface area contributed by atoms with Gasteiger partial charge >= 0.3 is 5.97 Å². The Kier molecular flexibility index (Phi) is 7.22. The third-order valence-electron chi connectivity index (χ3n) is 2.66. The molecule has 0 radical (unpaired) electrons. The average Bonchev–Trinajstić information content (AvgIpc) is 2.76. The molecule has 0 N–H and O–H groups in total. The van der Waals surface area contributed by atoms with Crippen LogP contribution in [-0.2, 0) is 22.5 Å². The molecule has 0 amide bonds. The van der Waals surface area contributed by atoms with Crippen LogP contribution >= 0.6 is 0 Å². The van der Waals surface area contributed by atoms with Crippen LogP contribution in [0.25, 0.3) is 0 Å². The van der Waals surface area contributed by atoms with Gasteiger partial charge in [0.1, 0.15) is 0 Å². The van der Waals surface area contributed by atoms with Gasteiger partial charge in [0.15, 0.2) is 5.82 Å². The smallest absolute Gasteiger partial charge is 0.320 e. The molecule has 0 unspecified atom stereocenters. The predicted octanol–water partition coefficient (Wildman–Crippen LogP) is 2.04. The highest BCUT2D eigenvalue weighted by Gasteiger charge is 2.15. The second-order valence-corrected chi connectivity index (χ2v) is 5.22. The summed E-state index contributed by atoms with van der Waals surface area (Å²) in [6.07, 6.45) is 1.73. The first-order valence-corrected chi connectivity index (χ1v) is 7.24. The molecule has 0 atom stereocenters. The van der Waals surface area contributed by atoms with Crippen molar-refractivity contribution in [1.29, 1.82) is 0 Å². The minimum Gasteiger partial charge on any atom is -0.465 e. The molecule has 1 rings (SSSR count). The van der Waals surface area contributed by atoms with E-state index >= 15 is 0 Å². The Bertz CT molecular complexity index is 404. The molecule has 1 aromatic heterocycles. The van der Waals surface area contributed by atoms with Crippen LogP contribution in [0.4, 0.5) is 0 Å². The zero-order valence-corrected chi connectivity index (χ0v) is 12.9. The van der Waals surface area contributed by atoms with E-state index in [0.29, 0.717) is 30.8 Å². The van der Waals surface area contributed by atoms with Crippen LogP contribution in [-0.4, -0.2) is 40.7 Å². The normalized spacial score (nSPS) is 11.3. The summed E-state index contributed by atoms with van der Waals surface area (Å²) in [5.41, 5.74) is 0. The van der Waals surface area contributed by atoms with Crippen LogP contribution in [0.5, 0.6) is 0 Å². The summed E-state index contributed by atoms with van der Waals surface area (Å²) in [6, 6.07) is 0. The van der Waals surface area contributed by atoms with Crippen LogP contribution in [0, 0.1) is 5.92 Å². The van der Waals surface area contributed by atoms with Crippen molar-refractivity contribution in [3.63, 3.8) is 0 Å². The van der Waals surface area contributed by atoms with Crippen molar-refractivity contribution in [3.05, 3.63) is 11.7 Å². The van der Waals surface area contributed by atoms with Gasteiger partial charge in [0.2, 0.25) is 5.89 Å². The number of hydrogen-bond acceptors (Lipinski definition) is 6. The third-order valence-corrected chi connectivity index (χ3v) is 2.66. The maximum Gasteiger partial charge on any atom is 0.320 e. The Balaban J connectivity index is 2.56. The van der Waals surface area contributed by atoms with Gasteiger partial charge in [-0.2, -0.15) is 4.98 Å². The van der Waals surface area contributed by atoms with Gasteiger partial charge in [-0.05, 0) is 25.8 Å². The monoisotopic (exact) mass is 283 g/mol. The van der Waals surface area contributed by atoms with Crippen molar-refractivity contribution >= 4 is 5.97 Å². The molecule has 0 bridgehead atoms. The Morgan fingerprint density at radius 3 is 2.75 bits per heavy atom. The van der Waals surface area contributed by atoms with Gasteiger partial charge in [0, 0.05) is 6.42 Å². The third kappa shape index (κ3) is 6.14. The summed E-state index contributed by atoms with van der Waals surface area (Å²) in [4.78, 5) is 17.9. The van der Waals surface area contributed by atoms with E-state index in [2.05, 4.69) is 30.9 Å². The second kappa shape index (κ2) is 8.68. The van der Waals surface area contributed by atoms with E-state index in [1.807, 2.05) is 4.90 Å². The molecule has 1 aromatic rings. The Labute approximate surface area is 120 Å². The van der Waals surface area contributed by atoms with Crippen LogP contribution in [0.1, 0.15) is 45.8 Å². The summed E-state index contributed by atoms with van der Waals surface area (Å²) < 4.78 is 10.2. The van der Waals surface area contributed by atoms with Crippen molar-refractivity contribution < 1.29 is 14.1 Å². The molecule has 114 valence electrons. The molecule has 1 heterocycles.